The number of hydrogen-bond donors (Lipinski definition) is 2. The number of carbonyl (C=O) groups is 2. The summed E-state index contributed by atoms with van der Waals surface area (Å²) in [6.07, 6.45) is 0. The molecule has 0 fully saturated rings. The topological polar surface area (TPSA) is 81.4 Å². The molecule has 1 rings (SSSR count). The molecule has 0 heterocycles. The monoisotopic (exact) mass is 314 g/mol. The van der Waals surface area contributed by atoms with Gasteiger partial charge >= 0.3 is 0 Å². The maximum absolute atomic E-state index is 11.7. The maximum atomic E-state index is 11.7. The highest BCUT2D eigenvalue weighted by molar-refractivity contribution is 9.10. The lowest BCUT2D eigenvalue weighted by Crippen LogP contribution is -2.28. The summed E-state index contributed by atoms with van der Waals surface area (Å²) < 4.78 is 5.89. The van der Waals surface area contributed by atoms with Crippen LogP contribution in [0.15, 0.2) is 22.7 Å². The molecule has 3 N–H and O–H groups in total. The Balaban J connectivity index is 2.36. The molecule has 0 aromatic heterocycles. The Morgan fingerprint density at radius 2 is 2.17 bits per heavy atom. The van der Waals surface area contributed by atoms with E-state index in [0.717, 1.165) is 10.0 Å². The molecule has 0 aliphatic heterocycles. The summed E-state index contributed by atoms with van der Waals surface area (Å²) in [5.74, 6) is -0.696. The molecule has 0 aliphatic carbocycles. The van der Waals surface area contributed by atoms with Gasteiger partial charge in [0, 0.05) is 16.6 Å². The van der Waals surface area contributed by atoms with Gasteiger partial charge in [-0.3, -0.25) is 9.59 Å². The number of primary amides is 1. The third-order valence-corrected chi connectivity index (χ3v) is 3.09. The molecule has 1 aromatic carbocycles. The first-order valence-corrected chi connectivity index (χ1v) is 6.20. The van der Waals surface area contributed by atoms with E-state index < -0.39 is 5.91 Å². The zero-order chi connectivity index (χ0) is 13.5. The summed E-state index contributed by atoms with van der Waals surface area (Å²) in [7, 11) is 0. The normalized spacial score (nSPS) is 10.1. The molecule has 0 saturated carbocycles. The van der Waals surface area contributed by atoms with Crippen LogP contribution in [-0.4, -0.2) is 31.6 Å². The summed E-state index contributed by atoms with van der Waals surface area (Å²) in [5.41, 5.74) is 6.48. The van der Waals surface area contributed by atoms with Crippen LogP contribution in [0, 0.1) is 6.92 Å². The Kier molecular flexibility index (Phi) is 5.80. The minimum Gasteiger partial charge on any atom is -0.370 e. The smallest absolute Gasteiger partial charge is 0.251 e. The van der Waals surface area contributed by atoms with E-state index in [1.165, 1.54) is 0 Å². The van der Waals surface area contributed by atoms with Crippen LogP contribution in [0.25, 0.3) is 0 Å². The molecule has 0 spiro atoms. The quantitative estimate of drug-likeness (QED) is 0.768. The van der Waals surface area contributed by atoms with Crippen LogP contribution < -0.4 is 11.1 Å². The van der Waals surface area contributed by atoms with Gasteiger partial charge < -0.3 is 15.8 Å². The number of nitrogens with one attached hydrogen (secondary N) is 1. The van der Waals surface area contributed by atoms with Gasteiger partial charge in [0.1, 0.15) is 6.61 Å². The molecular weight excluding hydrogens is 300 g/mol. The van der Waals surface area contributed by atoms with Crippen LogP contribution in [0.5, 0.6) is 0 Å². The molecule has 0 unspecified atom stereocenters. The number of amides is 2. The highest BCUT2D eigenvalue weighted by Gasteiger charge is 2.06. The fourth-order valence-corrected chi connectivity index (χ4v) is 1.54. The minimum atomic E-state index is -0.523. The molecule has 98 valence electrons. The number of benzene rings is 1. The van der Waals surface area contributed by atoms with Crippen molar-refractivity contribution in [3.05, 3.63) is 33.8 Å². The predicted octanol–water partition coefficient (Wildman–Crippen LogP) is 0.989. The van der Waals surface area contributed by atoms with E-state index in [4.69, 9.17) is 10.5 Å². The van der Waals surface area contributed by atoms with E-state index in [0.29, 0.717) is 12.1 Å². The van der Waals surface area contributed by atoms with Gasteiger partial charge in [0.15, 0.2) is 0 Å². The zero-order valence-electron chi connectivity index (χ0n) is 10.0. The fourth-order valence-electron chi connectivity index (χ4n) is 1.30. The highest BCUT2D eigenvalue weighted by Crippen LogP contribution is 2.16. The lowest BCUT2D eigenvalue weighted by molar-refractivity contribution is -0.122. The van der Waals surface area contributed by atoms with Crippen LogP contribution >= 0.6 is 15.9 Å². The van der Waals surface area contributed by atoms with Crippen molar-refractivity contribution in [2.24, 2.45) is 5.73 Å². The lowest BCUT2D eigenvalue weighted by Gasteiger charge is -2.06. The van der Waals surface area contributed by atoms with E-state index >= 15 is 0 Å². The highest BCUT2D eigenvalue weighted by atomic mass is 79.9. The van der Waals surface area contributed by atoms with Crippen molar-refractivity contribution >= 4 is 27.7 Å². The molecule has 6 heteroatoms. The molecule has 0 aliphatic rings. The van der Waals surface area contributed by atoms with Gasteiger partial charge in [0.2, 0.25) is 5.91 Å². The molecule has 2 amide bonds. The van der Waals surface area contributed by atoms with E-state index in [-0.39, 0.29) is 19.1 Å². The van der Waals surface area contributed by atoms with Crippen molar-refractivity contribution in [3.8, 4) is 0 Å². The average molecular weight is 315 g/mol. The van der Waals surface area contributed by atoms with Crippen molar-refractivity contribution in [2.45, 2.75) is 6.92 Å². The Labute approximate surface area is 114 Å². The van der Waals surface area contributed by atoms with E-state index in [2.05, 4.69) is 21.2 Å². The number of halogens is 1. The minimum absolute atomic E-state index is 0.132. The third-order valence-electron chi connectivity index (χ3n) is 2.20. The van der Waals surface area contributed by atoms with Crippen LogP contribution in [-0.2, 0) is 9.53 Å². The van der Waals surface area contributed by atoms with E-state index in [1.807, 2.05) is 13.0 Å². The van der Waals surface area contributed by atoms with Crippen molar-refractivity contribution in [3.63, 3.8) is 0 Å². The summed E-state index contributed by atoms with van der Waals surface area (Å²) in [6, 6.07) is 5.36. The first-order valence-electron chi connectivity index (χ1n) is 5.41. The second-order valence-electron chi connectivity index (χ2n) is 3.74. The van der Waals surface area contributed by atoms with E-state index in [1.54, 1.807) is 12.1 Å². The molecule has 5 nitrogen and oxygen atoms in total. The molecule has 0 saturated heterocycles. The van der Waals surface area contributed by atoms with Crippen molar-refractivity contribution < 1.29 is 14.3 Å². The van der Waals surface area contributed by atoms with Gasteiger partial charge in [-0.2, -0.15) is 0 Å². The summed E-state index contributed by atoms with van der Waals surface area (Å²) >= 11 is 3.37. The first-order chi connectivity index (χ1) is 8.50. The lowest BCUT2D eigenvalue weighted by atomic mass is 10.1. The van der Waals surface area contributed by atoms with Crippen molar-refractivity contribution in [1.29, 1.82) is 0 Å². The second kappa shape index (κ2) is 7.13. The Morgan fingerprint density at radius 3 is 2.78 bits per heavy atom. The molecule has 1 aromatic rings. The predicted molar refractivity (Wildman–Crippen MR) is 71.2 cm³/mol. The summed E-state index contributed by atoms with van der Waals surface area (Å²) in [5, 5.41) is 2.69. The molecular formula is C12H15BrN2O3. The van der Waals surface area contributed by atoms with Gasteiger partial charge in [-0.1, -0.05) is 15.9 Å². The average Bonchev–Trinajstić information content (AvgIpc) is 2.31. The largest absolute Gasteiger partial charge is 0.370 e. The zero-order valence-corrected chi connectivity index (χ0v) is 11.6. The summed E-state index contributed by atoms with van der Waals surface area (Å²) in [4.78, 5) is 22.1. The third kappa shape index (κ3) is 4.85. The molecule has 0 atom stereocenters. The standard InChI is InChI=1S/C12H15BrN2O3/c1-8-6-9(2-3-10(8)13)12(17)15-4-5-18-7-11(14)16/h2-3,6H,4-5,7H2,1H3,(H2,14,16)(H,15,17). The van der Waals surface area contributed by atoms with Gasteiger partial charge in [-0.15, -0.1) is 0 Å². The summed E-state index contributed by atoms with van der Waals surface area (Å²) in [6.45, 7) is 2.37. The number of hydrogen-bond acceptors (Lipinski definition) is 3. The van der Waals surface area contributed by atoms with Crippen LogP contribution in [0.1, 0.15) is 15.9 Å². The van der Waals surface area contributed by atoms with Gasteiger partial charge in [0.25, 0.3) is 5.91 Å². The van der Waals surface area contributed by atoms with Gasteiger partial charge in [-0.25, -0.2) is 0 Å². The SMILES string of the molecule is Cc1cc(C(=O)NCCOCC(N)=O)ccc1Br. The van der Waals surface area contributed by atoms with Crippen LogP contribution in [0.3, 0.4) is 0 Å². The number of ether oxygens (including phenoxy) is 1. The Bertz CT molecular complexity index is 449. The molecule has 0 radical (unpaired) electrons. The van der Waals surface area contributed by atoms with Crippen LogP contribution in [0.4, 0.5) is 0 Å². The van der Waals surface area contributed by atoms with E-state index in [9.17, 15) is 9.59 Å². The van der Waals surface area contributed by atoms with Gasteiger partial charge in [-0.05, 0) is 30.7 Å². The van der Waals surface area contributed by atoms with Crippen molar-refractivity contribution in [2.75, 3.05) is 19.8 Å². The van der Waals surface area contributed by atoms with Crippen molar-refractivity contribution in [1.82, 2.24) is 5.32 Å². The number of rotatable bonds is 6. The van der Waals surface area contributed by atoms with Crippen LogP contribution in [0.2, 0.25) is 0 Å². The Hall–Kier alpha value is -1.40. The first kappa shape index (κ1) is 14.7. The number of carbonyl (C=O) groups excluding carboxylic acids is 2. The molecule has 0 bridgehead atoms. The number of aryl methyl sites for hydroxylation is 1. The van der Waals surface area contributed by atoms with Gasteiger partial charge in [0.05, 0.1) is 6.61 Å². The second-order valence-corrected chi connectivity index (χ2v) is 4.59. The number of nitrogens with two attached hydrogens (primary N) is 1. The molecule has 18 heavy (non-hydrogen) atoms. The Morgan fingerprint density at radius 1 is 1.44 bits per heavy atom. The fraction of sp³-hybridized carbons (Fsp3) is 0.333. The maximum Gasteiger partial charge on any atom is 0.251 e.